The first kappa shape index (κ1) is 17.1. The van der Waals surface area contributed by atoms with Crippen LogP contribution in [0.25, 0.3) is 0 Å². The second kappa shape index (κ2) is 7.44. The average Bonchev–Trinajstić information content (AvgIpc) is 2.58. The smallest absolute Gasteiger partial charge is 0.317 e. The molecule has 0 spiro atoms. The van der Waals surface area contributed by atoms with E-state index in [0.29, 0.717) is 13.1 Å². The van der Waals surface area contributed by atoms with Crippen LogP contribution in [0.5, 0.6) is 0 Å². The van der Waals surface area contributed by atoms with Gasteiger partial charge in [-0.15, -0.1) is 0 Å². The van der Waals surface area contributed by atoms with Gasteiger partial charge in [0.05, 0.1) is 18.8 Å². The van der Waals surface area contributed by atoms with Crippen LogP contribution in [0.4, 0.5) is 13.6 Å². The number of nitrogens with one attached hydrogen (secondary N) is 1. The highest BCUT2D eigenvalue weighted by atomic mass is 19.1. The third-order valence-corrected chi connectivity index (χ3v) is 4.83. The third kappa shape index (κ3) is 3.84. The molecule has 0 radical (unpaired) electrons. The largest absolute Gasteiger partial charge is 0.375 e. The number of carbonyl (C=O) groups excluding carboxylic acids is 1. The maximum absolute atomic E-state index is 13.6. The van der Waals surface area contributed by atoms with Gasteiger partial charge < -0.3 is 15.0 Å². The van der Waals surface area contributed by atoms with E-state index in [1.165, 1.54) is 6.07 Å². The van der Waals surface area contributed by atoms with Crippen molar-refractivity contribution in [3.63, 3.8) is 0 Å². The number of hydrogen-bond acceptors (Lipinski definition) is 3. The number of ether oxygens (including phenoxy) is 1. The molecular weight excluding hydrogens is 316 g/mol. The van der Waals surface area contributed by atoms with E-state index in [2.05, 4.69) is 10.2 Å². The van der Waals surface area contributed by atoms with Crippen molar-refractivity contribution in [2.45, 2.75) is 25.0 Å². The molecule has 2 saturated heterocycles. The van der Waals surface area contributed by atoms with Gasteiger partial charge in [0, 0.05) is 26.2 Å². The number of fused-ring (bicyclic) bond motifs is 1. The fraction of sp³-hybridized carbons (Fsp3) is 0.588. The van der Waals surface area contributed by atoms with Crippen LogP contribution in [0.1, 0.15) is 12.0 Å². The van der Waals surface area contributed by atoms with Crippen molar-refractivity contribution in [1.29, 1.82) is 0 Å². The van der Waals surface area contributed by atoms with Crippen LogP contribution >= 0.6 is 0 Å². The Balaban J connectivity index is 1.49. The van der Waals surface area contributed by atoms with Gasteiger partial charge in [0.1, 0.15) is 11.6 Å². The van der Waals surface area contributed by atoms with Crippen LogP contribution in [0.3, 0.4) is 0 Å². The number of likely N-dealkylation sites (tertiary alicyclic amines) is 1. The van der Waals surface area contributed by atoms with E-state index in [1.807, 2.05) is 7.05 Å². The first-order valence-corrected chi connectivity index (χ1v) is 8.33. The predicted octanol–water partition coefficient (Wildman–Crippen LogP) is 1.62. The summed E-state index contributed by atoms with van der Waals surface area (Å²) in [5.41, 5.74) is 0.273. The van der Waals surface area contributed by atoms with Crippen molar-refractivity contribution in [2.75, 3.05) is 39.8 Å². The molecule has 0 aliphatic carbocycles. The summed E-state index contributed by atoms with van der Waals surface area (Å²) in [4.78, 5) is 16.3. The number of piperidine rings is 1. The molecular formula is C17H23F2N3O2. The highest BCUT2D eigenvalue weighted by Crippen LogP contribution is 2.21. The fourth-order valence-corrected chi connectivity index (χ4v) is 3.38. The number of amides is 2. The number of urea groups is 1. The number of morpholine rings is 1. The first-order chi connectivity index (χ1) is 11.5. The van der Waals surface area contributed by atoms with E-state index in [-0.39, 0.29) is 36.7 Å². The molecule has 2 atom stereocenters. The molecule has 0 saturated carbocycles. The Hall–Kier alpha value is -1.73. The number of hydrogen-bond donors (Lipinski definition) is 1. The number of halogens is 2. The molecule has 3 rings (SSSR count). The molecule has 1 N–H and O–H groups in total. The van der Waals surface area contributed by atoms with Crippen molar-refractivity contribution < 1.29 is 18.3 Å². The van der Waals surface area contributed by atoms with E-state index in [1.54, 1.807) is 4.90 Å². The lowest BCUT2D eigenvalue weighted by molar-refractivity contribution is -0.0881. The van der Waals surface area contributed by atoms with Crippen molar-refractivity contribution in [3.05, 3.63) is 35.4 Å². The molecule has 1 aromatic carbocycles. The Morgan fingerprint density at radius 2 is 2.21 bits per heavy atom. The summed E-state index contributed by atoms with van der Waals surface area (Å²) in [5.74, 6) is -0.924. The van der Waals surface area contributed by atoms with Crippen molar-refractivity contribution in [1.82, 2.24) is 15.1 Å². The molecule has 0 unspecified atom stereocenters. The second-order valence-electron chi connectivity index (χ2n) is 6.41. The van der Waals surface area contributed by atoms with Crippen molar-refractivity contribution in [3.8, 4) is 0 Å². The monoisotopic (exact) mass is 339 g/mol. The normalized spacial score (nSPS) is 24.5. The molecule has 0 bridgehead atoms. The standard InChI is InChI=1S/C17H23F2N3O2/c1-21-8-9-24-16-5-7-22(11-15(16)21)17(23)20-6-4-12-10-13(18)2-3-14(12)19/h2-3,10,15-16H,4-9,11H2,1H3,(H,20,23)/t15-,16-/m0/s1. The van der Waals surface area contributed by atoms with Gasteiger partial charge >= 0.3 is 6.03 Å². The van der Waals surface area contributed by atoms with Gasteiger partial charge in [-0.3, -0.25) is 4.90 Å². The van der Waals surface area contributed by atoms with Crippen LogP contribution in [-0.4, -0.2) is 67.8 Å². The minimum Gasteiger partial charge on any atom is -0.375 e. The maximum atomic E-state index is 13.6. The highest BCUT2D eigenvalue weighted by molar-refractivity contribution is 5.74. The fourth-order valence-electron chi connectivity index (χ4n) is 3.38. The first-order valence-electron chi connectivity index (χ1n) is 8.33. The Labute approximate surface area is 140 Å². The van der Waals surface area contributed by atoms with Gasteiger partial charge in [0.2, 0.25) is 0 Å². The molecule has 132 valence electrons. The van der Waals surface area contributed by atoms with Crippen molar-refractivity contribution >= 4 is 6.03 Å². The lowest BCUT2D eigenvalue weighted by atomic mass is 9.99. The van der Waals surface area contributed by atoms with E-state index >= 15 is 0 Å². The Kier molecular flexibility index (Phi) is 5.30. The van der Waals surface area contributed by atoms with Gasteiger partial charge in [0.25, 0.3) is 0 Å². The van der Waals surface area contributed by atoms with Crippen LogP contribution in [-0.2, 0) is 11.2 Å². The van der Waals surface area contributed by atoms with Crippen LogP contribution in [0.2, 0.25) is 0 Å². The summed E-state index contributed by atoms with van der Waals surface area (Å²) in [7, 11) is 2.05. The predicted molar refractivity (Wildman–Crippen MR) is 85.8 cm³/mol. The van der Waals surface area contributed by atoms with Crippen molar-refractivity contribution in [2.24, 2.45) is 0 Å². The van der Waals surface area contributed by atoms with Gasteiger partial charge in [-0.1, -0.05) is 0 Å². The summed E-state index contributed by atoms with van der Waals surface area (Å²) in [6.45, 7) is 3.16. The van der Waals surface area contributed by atoms with Crippen LogP contribution < -0.4 is 5.32 Å². The summed E-state index contributed by atoms with van der Waals surface area (Å²) in [5, 5.41) is 2.80. The lowest BCUT2D eigenvalue weighted by Crippen LogP contribution is -2.60. The van der Waals surface area contributed by atoms with E-state index in [0.717, 1.165) is 31.7 Å². The van der Waals surface area contributed by atoms with E-state index < -0.39 is 11.6 Å². The SMILES string of the molecule is CN1CCO[C@H]2CCN(C(=O)NCCc3cc(F)ccc3F)C[C@@H]21. The number of benzene rings is 1. The third-order valence-electron chi connectivity index (χ3n) is 4.83. The Bertz CT molecular complexity index is 599. The maximum Gasteiger partial charge on any atom is 0.317 e. The quantitative estimate of drug-likeness (QED) is 0.910. The summed E-state index contributed by atoms with van der Waals surface area (Å²) in [6.07, 6.45) is 1.27. The molecule has 2 heterocycles. The van der Waals surface area contributed by atoms with Gasteiger partial charge in [0.15, 0.2) is 0 Å². The molecule has 7 heteroatoms. The zero-order valence-corrected chi connectivity index (χ0v) is 13.8. The Morgan fingerprint density at radius 1 is 1.38 bits per heavy atom. The summed E-state index contributed by atoms with van der Waals surface area (Å²) >= 11 is 0. The topological polar surface area (TPSA) is 44.8 Å². The van der Waals surface area contributed by atoms with E-state index in [4.69, 9.17) is 4.74 Å². The lowest BCUT2D eigenvalue weighted by Gasteiger charge is -2.45. The summed E-state index contributed by atoms with van der Waals surface area (Å²) < 4.78 is 32.5. The molecule has 2 fully saturated rings. The van der Waals surface area contributed by atoms with Crippen LogP contribution in [0, 0.1) is 11.6 Å². The summed E-state index contributed by atoms with van der Waals surface area (Å²) in [6, 6.07) is 3.42. The highest BCUT2D eigenvalue weighted by Gasteiger charge is 2.36. The molecule has 0 aromatic heterocycles. The molecule has 2 aliphatic heterocycles. The minimum absolute atomic E-state index is 0.163. The van der Waals surface area contributed by atoms with Gasteiger partial charge in [-0.2, -0.15) is 0 Å². The van der Waals surface area contributed by atoms with Crippen LogP contribution in [0.15, 0.2) is 18.2 Å². The molecule has 2 amide bonds. The number of likely N-dealkylation sites (N-methyl/N-ethyl adjacent to an activating group) is 1. The molecule has 1 aromatic rings. The average molecular weight is 339 g/mol. The molecule has 5 nitrogen and oxygen atoms in total. The van der Waals surface area contributed by atoms with Gasteiger partial charge in [-0.05, 0) is 43.7 Å². The molecule has 24 heavy (non-hydrogen) atoms. The van der Waals surface area contributed by atoms with E-state index in [9.17, 15) is 13.6 Å². The zero-order valence-electron chi connectivity index (χ0n) is 13.8. The molecule has 2 aliphatic rings. The number of rotatable bonds is 3. The second-order valence-corrected chi connectivity index (χ2v) is 6.41. The number of nitrogens with zero attached hydrogens (tertiary/aromatic N) is 2. The van der Waals surface area contributed by atoms with Gasteiger partial charge in [-0.25, -0.2) is 13.6 Å². The Morgan fingerprint density at radius 3 is 3.04 bits per heavy atom. The zero-order chi connectivity index (χ0) is 17.1. The minimum atomic E-state index is -0.472. The number of carbonyl (C=O) groups is 1.